The monoisotopic (exact) mass is 216 g/mol. The smallest absolute Gasteiger partial charge is 0.324 e. The van der Waals surface area contributed by atoms with Crippen molar-refractivity contribution in [1.82, 2.24) is 0 Å². The second-order valence-electron chi connectivity index (χ2n) is 3.48. The predicted molar refractivity (Wildman–Crippen MR) is 63.9 cm³/mol. The third-order valence-electron chi connectivity index (χ3n) is 2.19. The molecule has 0 aliphatic rings. The summed E-state index contributed by atoms with van der Waals surface area (Å²) in [5.41, 5.74) is 0.606. The lowest BCUT2D eigenvalue weighted by Crippen LogP contribution is -2.27. The Morgan fingerprint density at radius 2 is 1.86 bits per heavy atom. The Morgan fingerprint density at radius 1 is 1.29 bits per heavy atom. The van der Waals surface area contributed by atoms with Crippen molar-refractivity contribution in [3.8, 4) is 0 Å². The molecule has 0 radical (unpaired) electrons. The predicted octanol–water partition coefficient (Wildman–Crippen LogP) is 3.03. The van der Waals surface area contributed by atoms with Gasteiger partial charge < -0.3 is 8.85 Å². The van der Waals surface area contributed by atoms with E-state index in [0.717, 1.165) is 19.6 Å². The lowest BCUT2D eigenvalue weighted by Gasteiger charge is -2.21. The Labute approximate surface area is 90.2 Å². The molecule has 2 nitrogen and oxygen atoms in total. The van der Waals surface area contributed by atoms with E-state index in [-0.39, 0.29) is 0 Å². The molecule has 0 bridgehead atoms. The van der Waals surface area contributed by atoms with E-state index < -0.39 is 9.28 Å². The zero-order chi connectivity index (χ0) is 10.8. The highest BCUT2D eigenvalue weighted by molar-refractivity contribution is 6.46. The fourth-order valence-corrected chi connectivity index (χ4v) is 3.34. The molecule has 3 heteroatoms. The second kappa shape index (κ2) is 9.43. The number of unbranched alkanes of at least 4 members (excludes halogenated alkanes) is 1. The Balaban J connectivity index is 3.74. The maximum Gasteiger partial charge on any atom is 0.324 e. The van der Waals surface area contributed by atoms with E-state index in [1.165, 1.54) is 12.8 Å². The van der Waals surface area contributed by atoms with Crippen molar-refractivity contribution in [3.05, 3.63) is 12.7 Å². The molecule has 0 aromatic heterocycles. The minimum atomic E-state index is -1.40. The van der Waals surface area contributed by atoms with Crippen LogP contribution in [0.25, 0.3) is 0 Å². The Bertz CT molecular complexity index is 133. The molecule has 0 heterocycles. The molecule has 0 aliphatic carbocycles. The van der Waals surface area contributed by atoms with E-state index in [0.29, 0.717) is 5.54 Å². The average Bonchev–Trinajstić information content (AvgIpc) is 2.18. The molecule has 14 heavy (non-hydrogen) atoms. The van der Waals surface area contributed by atoms with Gasteiger partial charge in [0.05, 0.1) is 0 Å². The normalized spacial score (nSPS) is 13.1. The van der Waals surface area contributed by atoms with Gasteiger partial charge in [0.15, 0.2) is 0 Å². The molecule has 1 atom stereocenters. The maximum absolute atomic E-state index is 5.67. The van der Waals surface area contributed by atoms with Crippen LogP contribution in [-0.2, 0) is 8.85 Å². The van der Waals surface area contributed by atoms with Gasteiger partial charge in [-0.05, 0) is 38.7 Å². The van der Waals surface area contributed by atoms with E-state index in [1.807, 2.05) is 19.9 Å². The van der Waals surface area contributed by atoms with E-state index in [4.69, 9.17) is 8.85 Å². The van der Waals surface area contributed by atoms with Crippen LogP contribution in [0.3, 0.4) is 0 Å². The van der Waals surface area contributed by atoms with Gasteiger partial charge in [0.1, 0.15) is 0 Å². The fraction of sp³-hybridized carbons (Fsp3) is 0.818. The lowest BCUT2D eigenvalue weighted by molar-refractivity contribution is 0.203. The summed E-state index contributed by atoms with van der Waals surface area (Å²) in [4.78, 5) is 0. The SMILES string of the molecule is C=CCCCC(C)[SiH](OCC)OCC. The molecule has 0 saturated carbocycles. The van der Waals surface area contributed by atoms with Gasteiger partial charge in [-0.2, -0.15) is 0 Å². The molecule has 0 aromatic rings. The summed E-state index contributed by atoms with van der Waals surface area (Å²) in [5.74, 6) is 0. The average molecular weight is 216 g/mol. The summed E-state index contributed by atoms with van der Waals surface area (Å²) in [7, 11) is -1.40. The van der Waals surface area contributed by atoms with E-state index in [2.05, 4.69) is 13.5 Å². The highest BCUT2D eigenvalue weighted by Crippen LogP contribution is 2.19. The van der Waals surface area contributed by atoms with Crippen LogP contribution >= 0.6 is 0 Å². The Hall–Kier alpha value is -0.123. The number of rotatable bonds is 9. The quantitative estimate of drug-likeness (QED) is 0.335. The van der Waals surface area contributed by atoms with Crippen molar-refractivity contribution in [2.45, 2.75) is 45.6 Å². The summed E-state index contributed by atoms with van der Waals surface area (Å²) >= 11 is 0. The van der Waals surface area contributed by atoms with Crippen LogP contribution in [0, 0.1) is 0 Å². The van der Waals surface area contributed by atoms with Gasteiger partial charge in [0, 0.05) is 13.2 Å². The minimum absolute atomic E-state index is 0.606. The molecule has 0 aromatic carbocycles. The van der Waals surface area contributed by atoms with Crippen molar-refractivity contribution in [1.29, 1.82) is 0 Å². The highest BCUT2D eigenvalue weighted by atomic mass is 28.3. The van der Waals surface area contributed by atoms with Gasteiger partial charge in [-0.15, -0.1) is 6.58 Å². The van der Waals surface area contributed by atoms with Crippen LogP contribution < -0.4 is 0 Å². The second-order valence-corrected chi connectivity index (χ2v) is 6.02. The molecule has 1 unspecified atom stereocenters. The first-order valence-electron chi connectivity index (χ1n) is 5.60. The van der Waals surface area contributed by atoms with Crippen molar-refractivity contribution >= 4 is 9.28 Å². The number of hydrogen-bond donors (Lipinski definition) is 0. The van der Waals surface area contributed by atoms with Crippen LogP contribution in [0.15, 0.2) is 12.7 Å². The van der Waals surface area contributed by atoms with Crippen LogP contribution in [0.1, 0.15) is 40.0 Å². The number of hydrogen-bond acceptors (Lipinski definition) is 2. The van der Waals surface area contributed by atoms with Crippen molar-refractivity contribution in [3.63, 3.8) is 0 Å². The standard InChI is InChI=1S/C11H24O2Si/c1-5-8-9-10-11(4)14(12-6-2)13-7-3/h5,11,14H,1,6-10H2,2-4H3. The first-order chi connectivity index (χ1) is 6.76. The molecule has 0 amide bonds. The molecule has 0 N–H and O–H groups in total. The highest BCUT2D eigenvalue weighted by Gasteiger charge is 2.20. The van der Waals surface area contributed by atoms with Gasteiger partial charge in [-0.25, -0.2) is 0 Å². The van der Waals surface area contributed by atoms with Gasteiger partial charge in [0.25, 0.3) is 0 Å². The zero-order valence-corrected chi connectivity index (χ0v) is 10.9. The van der Waals surface area contributed by atoms with E-state index in [1.54, 1.807) is 0 Å². The largest absolute Gasteiger partial charge is 0.397 e. The van der Waals surface area contributed by atoms with Gasteiger partial charge in [-0.3, -0.25) is 0 Å². The number of allylic oxidation sites excluding steroid dienone is 1. The van der Waals surface area contributed by atoms with Gasteiger partial charge >= 0.3 is 9.28 Å². The first-order valence-corrected chi connectivity index (χ1v) is 7.21. The minimum Gasteiger partial charge on any atom is -0.397 e. The summed E-state index contributed by atoms with van der Waals surface area (Å²) in [5, 5.41) is 0. The van der Waals surface area contributed by atoms with E-state index in [9.17, 15) is 0 Å². The molecule has 0 rings (SSSR count). The Morgan fingerprint density at radius 3 is 2.29 bits per heavy atom. The summed E-state index contributed by atoms with van der Waals surface area (Å²) in [6, 6.07) is 0. The molecule has 84 valence electrons. The summed E-state index contributed by atoms with van der Waals surface area (Å²) < 4.78 is 11.3. The molecule has 0 aliphatic heterocycles. The van der Waals surface area contributed by atoms with Gasteiger partial charge in [0.2, 0.25) is 0 Å². The Kier molecular flexibility index (Phi) is 9.35. The maximum atomic E-state index is 5.67. The van der Waals surface area contributed by atoms with Crippen LogP contribution in [0.5, 0.6) is 0 Å². The first kappa shape index (κ1) is 13.9. The van der Waals surface area contributed by atoms with Crippen molar-refractivity contribution in [2.24, 2.45) is 0 Å². The zero-order valence-electron chi connectivity index (χ0n) is 9.79. The van der Waals surface area contributed by atoms with Crippen molar-refractivity contribution in [2.75, 3.05) is 13.2 Å². The van der Waals surface area contributed by atoms with Crippen molar-refractivity contribution < 1.29 is 8.85 Å². The van der Waals surface area contributed by atoms with Crippen LogP contribution in [0.2, 0.25) is 5.54 Å². The molecule has 0 fully saturated rings. The van der Waals surface area contributed by atoms with Crippen LogP contribution in [0.4, 0.5) is 0 Å². The van der Waals surface area contributed by atoms with Crippen LogP contribution in [-0.4, -0.2) is 22.5 Å². The fourth-order valence-electron chi connectivity index (χ4n) is 1.43. The molecule has 0 saturated heterocycles. The van der Waals surface area contributed by atoms with Gasteiger partial charge in [-0.1, -0.05) is 13.0 Å². The molecule has 0 spiro atoms. The summed E-state index contributed by atoms with van der Waals surface area (Å²) in [6.45, 7) is 11.6. The van der Waals surface area contributed by atoms with E-state index >= 15 is 0 Å². The molecular weight excluding hydrogens is 192 g/mol. The third kappa shape index (κ3) is 6.35. The molecular formula is C11H24O2Si. The topological polar surface area (TPSA) is 18.5 Å². The lowest BCUT2D eigenvalue weighted by atomic mass is 10.2. The third-order valence-corrected chi connectivity index (χ3v) is 4.78. The summed E-state index contributed by atoms with van der Waals surface area (Å²) in [6.07, 6.45) is 5.48.